The lowest BCUT2D eigenvalue weighted by Crippen LogP contribution is -2.46. The van der Waals surface area contributed by atoms with Gasteiger partial charge in [-0.25, -0.2) is 4.99 Å². The molecule has 0 aromatic carbocycles. The van der Waals surface area contributed by atoms with E-state index in [0.29, 0.717) is 12.0 Å². The maximum atomic E-state index is 11.8. The summed E-state index contributed by atoms with van der Waals surface area (Å²) in [5.74, 6) is 1.45. The van der Waals surface area contributed by atoms with Gasteiger partial charge in [-0.05, 0) is 38.5 Å². The first-order valence-corrected chi connectivity index (χ1v) is 9.75. The van der Waals surface area contributed by atoms with Gasteiger partial charge in [0.25, 0.3) is 0 Å². The minimum Gasteiger partial charge on any atom is -0.376 e. The zero-order chi connectivity index (χ0) is 18.7. The Balaban J connectivity index is 2.50. The molecule has 2 N–H and O–H groups in total. The van der Waals surface area contributed by atoms with Crippen LogP contribution in [0, 0.1) is 5.92 Å². The Morgan fingerprint density at radius 1 is 1.24 bits per heavy atom. The quantitative estimate of drug-likeness (QED) is 0.493. The van der Waals surface area contributed by atoms with Crippen LogP contribution >= 0.6 is 0 Å². The van der Waals surface area contributed by atoms with Gasteiger partial charge in [-0.2, -0.15) is 0 Å². The fraction of sp³-hybridized carbons (Fsp3) is 0.895. The van der Waals surface area contributed by atoms with Crippen molar-refractivity contribution in [2.24, 2.45) is 10.9 Å². The highest BCUT2D eigenvalue weighted by Gasteiger charge is 2.15. The zero-order valence-corrected chi connectivity index (χ0v) is 16.8. The minimum absolute atomic E-state index is 0.00229. The molecule has 0 saturated carbocycles. The van der Waals surface area contributed by atoms with Gasteiger partial charge in [0.2, 0.25) is 5.91 Å². The summed E-state index contributed by atoms with van der Waals surface area (Å²) < 4.78 is 5.77. The van der Waals surface area contributed by atoms with Gasteiger partial charge in [-0.15, -0.1) is 0 Å². The van der Waals surface area contributed by atoms with Crippen LogP contribution in [0.2, 0.25) is 0 Å². The molecule has 6 nitrogen and oxygen atoms in total. The van der Waals surface area contributed by atoms with Crippen LogP contribution in [0.15, 0.2) is 4.99 Å². The summed E-state index contributed by atoms with van der Waals surface area (Å²) in [5, 5.41) is 6.79. The van der Waals surface area contributed by atoms with Gasteiger partial charge < -0.3 is 20.3 Å². The molecule has 2 atom stereocenters. The highest BCUT2D eigenvalue weighted by atomic mass is 16.5. The van der Waals surface area contributed by atoms with Gasteiger partial charge in [-0.1, -0.05) is 26.7 Å². The predicted molar refractivity (Wildman–Crippen MR) is 104 cm³/mol. The molecule has 1 heterocycles. The Bertz CT molecular complexity index is 404. The maximum Gasteiger partial charge on any atom is 0.243 e. The number of hydrogen-bond acceptors (Lipinski definition) is 3. The van der Waals surface area contributed by atoms with Crippen molar-refractivity contribution in [1.29, 1.82) is 0 Å². The molecule has 1 amide bonds. The average molecular weight is 355 g/mol. The predicted octanol–water partition coefficient (Wildman–Crippen LogP) is 2.39. The summed E-state index contributed by atoms with van der Waals surface area (Å²) >= 11 is 0. The first-order chi connectivity index (χ1) is 11.9. The van der Waals surface area contributed by atoms with Crippen molar-refractivity contribution in [2.45, 2.75) is 71.4 Å². The highest BCUT2D eigenvalue weighted by molar-refractivity contribution is 5.84. The van der Waals surface area contributed by atoms with Crippen LogP contribution in [0.4, 0.5) is 0 Å². The number of carbonyl (C=O) groups excluding carboxylic acids is 1. The highest BCUT2D eigenvalue weighted by Crippen LogP contribution is 2.11. The molecule has 1 aliphatic heterocycles. The van der Waals surface area contributed by atoms with Gasteiger partial charge in [0.05, 0.1) is 6.10 Å². The van der Waals surface area contributed by atoms with Gasteiger partial charge in [0.15, 0.2) is 5.96 Å². The lowest BCUT2D eigenvalue weighted by molar-refractivity contribution is -0.127. The largest absolute Gasteiger partial charge is 0.376 e. The van der Waals surface area contributed by atoms with E-state index in [1.54, 1.807) is 19.0 Å². The third-order valence-corrected chi connectivity index (χ3v) is 4.44. The van der Waals surface area contributed by atoms with E-state index in [2.05, 4.69) is 36.4 Å². The van der Waals surface area contributed by atoms with Gasteiger partial charge >= 0.3 is 0 Å². The van der Waals surface area contributed by atoms with E-state index in [9.17, 15) is 4.79 Å². The van der Waals surface area contributed by atoms with Crippen LogP contribution in [-0.2, 0) is 9.53 Å². The van der Waals surface area contributed by atoms with E-state index in [4.69, 9.17) is 4.74 Å². The number of guanidine groups is 1. The topological polar surface area (TPSA) is 66.0 Å². The number of nitrogens with one attached hydrogen (secondary N) is 2. The smallest absolute Gasteiger partial charge is 0.243 e. The molecule has 0 spiro atoms. The summed E-state index contributed by atoms with van der Waals surface area (Å²) in [6, 6.07) is 0.326. The lowest BCUT2D eigenvalue weighted by atomic mass is 10.0. The van der Waals surface area contributed by atoms with Crippen molar-refractivity contribution >= 4 is 11.9 Å². The molecular weight excluding hydrogens is 316 g/mol. The first kappa shape index (κ1) is 21.7. The van der Waals surface area contributed by atoms with E-state index in [1.807, 2.05) is 0 Å². The van der Waals surface area contributed by atoms with E-state index in [0.717, 1.165) is 38.3 Å². The second-order valence-corrected chi connectivity index (χ2v) is 7.69. The summed E-state index contributed by atoms with van der Waals surface area (Å²) in [5.41, 5.74) is 0. The lowest BCUT2D eigenvalue weighted by Gasteiger charge is -2.25. The maximum absolute atomic E-state index is 11.8. The fourth-order valence-electron chi connectivity index (χ4n) is 2.76. The van der Waals surface area contributed by atoms with Crippen LogP contribution in [0.25, 0.3) is 0 Å². The molecule has 2 unspecified atom stereocenters. The second kappa shape index (κ2) is 12.1. The molecule has 0 aliphatic carbocycles. The standard InChI is InChI=1S/C19H38N4O2/c1-15(2)9-8-10-16(3)22-19(21-14-18(24)23(4)5)20-13-17-11-6-7-12-25-17/h15-17H,6-14H2,1-5H3,(H2,20,21,22). The van der Waals surface area contributed by atoms with Crippen LogP contribution in [0.3, 0.4) is 0 Å². The normalized spacial score (nSPS) is 19.6. The SMILES string of the molecule is CC(C)CCCC(C)NC(=NCC(=O)N(C)C)NCC1CCCCO1. The van der Waals surface area contributed by atoms with Gasteiger partial charge in [0.1, 0.15) is 6.54 Å². The fourth-order valence-corrected chi connectivity index (χ4v) is 2.76. The van der Waals surface area contributed by atoms with Crippen molar-refractivity contribution in [3.63, 3.8) is 0 Å². The molecule has 1 fully saturated rings. The number of amides is 1. The Labute approximate surface area is 153 Å². The van der Waals surface area contributed by atoms with E-state index >= 15 is 0 Å². The van der Waals surface area contributed by atoms with Gasteiger partial charge in [-0.3, -0.25) is 4.79 Å². The van der Waals surface area contributed by atoms with Crippen LogP contribution in [0.5, 0.6) is 0 Å². The van der Waals surface area contributed by atoms with E-state index < -0.39 is 0 Å². The number of likely N-dealkylation sites (N-methyl/N-ethyl adjacent to an activating group) is 1. The minimum atomic E-state index is 0.00229. The Morgan fingerprint density at radius 3 is 2.60 bits per heavy atom. The van der Waals surface area contributed by atoms with Crippen LogP contribution in [-0.4, -0.2) is 62.7 Å². The number of aliphatic imine (C=N–C) groups is 1. The molecule has 0 radical (unpaired) electrons. The van der Waals surface area contributed by atoms with Crippen molar-refractivity contribution in [3.05, 3.63) is 0 Å². The molecule has 25 heavy (non-hydrogen) atoms. The summed E-state index contributed by atoms with van der Waals surface area (Å²) in [4.78, 5) is 17.9. The molecule has 1 rings (SSSR count). The van der Waals surface area contributed by atoms with E-state index in [-0.39, 0.29) is 18.6 Å². The number of hydrogen-bond donors (Lipinski definition) is 2. The molecule has 0 aromatic rings. The first-order valence-electron chi connectivity index (χ1n) is 9.75. The van der Waals surface area contributed by atoms with Crippen molar-refractivity contribution in [2.75, 3.05) is 33.8 Å². The van der Waals surface area contributed by atoms with Crippen LogP contribution < -0.4 is 10.6 Å². The van der Waals surface area contributed by atoms with Crippen molar-refractivity contribution in [3.8, 4) is 0 Å². The van der Waals surface area contributed by atoms with Crippen LogP contribution in [0.1, 0.15) is 59.3 Å². The van der Waals surface area contributed by atoms with Gasteiger partial charge in [0, 0.05) is 33.3 Å². The molecule has 0 bridgehead atoms. The molecular formula is C19H38N4O2. The Hall–Kier alpha value is -1.30. The molecule has 146 valence electrons. The average Bonchev–Trinajstić information content (AvgIpc) is 2.57. The van der Waals surface area contributed by atoms with Crippen molar-refractivity contribution < 1.29 is 9.53 Å². The molecule has 0 aromatic heterocycles. The molecule has 6 heteroatoms. The summed E-state index contributed by atoms with van der Waals surface area (Å²) in [6.07, 6.45) is 7.22. The third-order valence-electron chi connectivity index (χ3n) is 4.44. The van der Waals surface area contributed by atoms with E-state index in [1.165, 1.54) is 19.3 Å². The summed E-state index contributed by atoms with van der Waals surface area (Å²) in [7, 11) is 3.51. The monoisotopic (exact) mass is 354 g/mol. The Kier molecular flexibility index (Phi) is 10.5. The molecule has 1 aliphatic rings. The second-order valence-electron chi connectivity index (χ2n) is 7.69. The molecule has 1 saturated heterocycles. The number of carbonyl (C=O) groups is 1. The number of ether oxygens (including phenoxy) is 1. The number of rotatable bonds is 9. The third kappa shape index (κ3) is 10.3. The number of nitrogens with zero attached hydrogens (tertiary/aromatic N) is 2. The zero-order valence-electron chi connectivity index (χ0n) is 16.8. The Morgan fingerprint density at radius 2 is 2.00 bits per heavy atom. The summed E-state index contributed by atoms with van der Waals surface area (Å²) in [6.45, 7) is 8.42. The van der Waals surface area contributed by atoms with Crippen molar-refractivity contribution in [1.82, 2.24) is 15.5 Å².